The lowest BCUT2D eigenvalue weighted by Crippen LogP contribution is -2.03. The van der Waals surface area contributed by atoms with E-state index in [0.717, 1.165) is 33.4 Å². The zero-order valence-electron chi connectivity index (χ0n) is 21.8. The Kier molecular flexibility index (Phi) is 7.27. The standard InChI is InChI=1S/C35H27N3O2/c39-31(40-23-25-10-4-1-5-11-25)21-20-30-22-36-35-34(37-24-38-35)33(30)29-18-16-28(17-19-29)32(26-12-6-2-7-13-26)27-14-8-3-9-15-27/h1-22,24,32H,23H2,(H,36,37,38)/p+1. The van der Waals surface area contributed by atoms with Crippen molar-refractivity contribution in [2.24, 2.45) is 0 Å². The molecule has 6 rings (SSSR count). The molecule has 0 bridgehead atoms. The Morgan fingerprint density at radius 3 is 2.05 bits per heavy atom. The molecule has 0 amide bonds. The fourth-order valence-corrected chi connectivity index (χ4v) is 5.04. The van der Waals surface area contributed by atoms with Crippen molar-refractivity contribution in [3.8, 4) is 11.1 Å². The van der Waals surface area contributed by atoms with E-state index in [0.29, 0.717) is 0 Å². The van der Waals surface area contributed by atoms with Crippen LogP contribution in [0.3, 0.4) is 0 Å². The first-order chi connectivity index (χ1) is 19.8. The average molecular weight is 523 g/mol. The summed E-state index contributed by atoms with van der Waals surface area (Å²) in [7, 11) is 0. The zero-order chi connectivity index (χ0) is 27.1. The number of nitrogens with zero attached hydrogens (tertiary/aromatic N) is 1. The second kappa shape index (κ2) is 11.6. The monoisotopic (exact) mass is 522 g/mol. The van der Waals surface area contributed by atoms with E-state index in [9.17, 15) is 4.79 Å². The normalized spacial score (nSPS) is 11.3. The maximum Gasteiger partial charge on any atom is 0.331 e. The summed E-state index contributed by atoms with van der Waals surface area (Å²) in [5.74, 6) is -0.289. The molecule has 0 aliphatic rings. The van der Waals surface area contributed by atoms with Gasteiger partial charge in [0.25, 0.3) is 5.65 Å². The van der Waals surface area contributed by atoms with Gasteiger partial charge in [-0.1, -0.05) is 115 Å². The van der Waals surface area contributed by atoms with Crippen molar-refractivity contribution >= 4 is 23.2 Å². The van der Waals surface area contributed by atoms with E-state index in [1.165, 1.54) is 22.8 Å². The Balaban J connectivity index is 1.32. The minimum Gasteiger partial charge on any atom is -0.458 e. The van der Waals surface area contributed by atoms with Crippen LogP contribution in [0.25, 0.3) is 28.4 Å². The maximum absolute atomic E-state index is 12.5. The van der Waals surface area contributed by atoms with Crippen molar-refractivity contribution in [2.75, 3.05) is 0 Å². The summed E-state index contributed by atoms with van der Waals surface area (Å²) in [6, 6.07) is 39.4. The van der Waals surface area contributed by atoms with Crippen LogP contribution in [0, 0.1) is 0 Å². The van der Waals surface area contributed by atoms with Gasteiger partial charge in [-0.05, 0) is 33.9 Å². The van der Waals surface area contributed by atoms with Crippen LogP contribution < -0.4 is 4.98 Å². The smallest absolute Gasteiger partial charge is 0.331 e. The molecule has 2 N–H and O–H groups in total. The van der Waals surface area contributed by atoms with Crippen molar-refractivity contribution in [3.05, 3.63) is 162 Å². The molecular weight excluding hydrogens is 494 g/mol. The summed E-state index contributed by atoms with van der Waals surface area (Å²) in [6.45, 7) is 0.227. The van der Waals surface area contributed by atoms with Crippen LogP contribution in [-0.4, -0.2) is 15.9 Å². The highest BCUT2D eigenvalue weighted by atomic mass is 16.5. The Bertz CT molecular complexity index is 1700. The molecule has 5 nitrogen and oxygen atoms in total. The molecule has 0 radical (unpaired) electrons. The van der Waals surface area contributed by atoms with Crippen molar-refractivity contribution in [2.45, 2.75) is 12.5 Å². The van der Waals surface area contributed by atoms with Gasteiger partial charge < -0.3 is 4.74 Å². The van der Waals surface area contributed by atoms with E-state index in [1.807, 2.05) is 42.5 Å². The van der Waals surface area contributed by atoms with E-state index in [1.54, 1.807) is 18.6 Å². The first-order valence-electron chi connectivity index (χ1n) is 13.2. The van der Waals surface area contributed by atoms with Crippen LogP contribution in [0.2, 0.25) is 0 Å². The number of imidazole rings is 1. The molecule has 6 aromatic rings. The molecule has 4 aromatic carbocycles. The van der Waals surface area contributed by atoms with Crippen LogP contribution in [0.4, 0.5) is 0 Å². The van der Waals surface area contributed by atoms with Gasteiger partial charge in [-0.25, -0.2) is 9.78 Å². The fraction of sp³-hybridized carbons (Fsp3) is 0.0571. The number of H-pyrrole nitrogens is 2. The second-order valence-electron chi connectivity index (χ2n) is 9.55. The Labute approximate surface area is 232 Å². The lowest BCUT2D eigenvalue weighted by Gasteiger charge is -2.19. The first-order valence-corrected chi connectivity index (χ1v) is 13.2. The molecule has 0 saturated carbocycles. The summed E-state index contributed by atoms with van der Waals surface area (Å²) in [6.07, 6.45) is 6.75. The Morgan fingerprint density at radius 1 is 0.800 bits per heavy atom. The van der Waals surface area contributed by atoms with Gasteiger partial charge in [0.2, 0.25) is 0 Å². The van der Waals surface area contributed by atoms with Gasteiger partial charge in [0, 0.05) is 23.1 Å². The van der Waals surface area contributed by atoms with Crippen LogP contribution in [0.5, 0.6) is 0 Å². The number of esters is 1. The lowest BCUT2D eigenvalue weighted by atomic mass is 9.84. The molecule has 2 heterocycles. The fourth-order valence-electron chi connectivity index (χ4n) is 5.04. The average Bonchev–Trinajstić information content (AvgIpc) is 3.50. The number of fused-ring (bicyclic) bond motifs is 1. The summed E-state index contributed by atoms with van der Waals surface area (Å²) in [5.41, 5.74) is 9.03. The van der Waals surface area contributed by atoms with Gasteiger partial charge in [-0.15, -0.1) is 4.98 Å². The van der Waals surface area contributed by atoms with Crippen molar-refractivity contribution < 1.29 is 14.5 Å². The molecule has 0 unspecified atom stereocenters. The molecule has 0 aliphatic heterocycles. The number of rotatable bonds is 8. The predicted octanol–water partition coefficient (Wildman–Crippen LogP) is 6.98. The van der Waals surface area contributed by atoms with Gasteiger partial charge in [0.1, 0.15) is 12.8 Å². The van der Waals surface area contributed by atoms with Gasteiger partial charge in [0.15, 0.2) is 11.8 Å². The molecular formula is C35H28N3O2+. The third-order valence-electron chi connectivity index (χ3n) is 6.96. The molecule has 0 aliphatic carbocycles. The Hall–Kier alpha value is -5.29. The minimum absolute atomic E-state index is 0.117. The minimum atomic E-state index is -0.406. The SMILES string of the molecule is O=C(C=Cc1cnc2[nH+]c[nH]c2c1-c1ccc(C(c2ccccc2)c2ccccc2)cc1)OCc1ccccc1. The number of hydrogen-bond acceptors (Lipinski definition) is 3. The molecule has 40 heavy (non-hydrogen) atoms. The molecule has 0 fully saturated rings. The first kappa shape index (κ1) is 25.0. The number of carbonyl (C=O) groups is 1. The number of pyridine rings is 1. The largest absolute Gasteiger partial charge is 0.458 e. The van der Waals surface area contributed by atoms with E-state index in [2.05, 4.69) is 87.7 Å². The number of aromatic nitrogens is 3. The molecule has 2 aromatic heterocycles. The lowest BCUT2D eigenvalue weighted by molar-refractivity contribution is -0.347. The Morgan fingerprint density at radius 2 is 1.40 bits per heavy atom. The van der Waals surface area contributed by atoms with Crippen LogP contribution in [-0.2, 0) is 16.1 Å². The third kappa shape index (κ3) is 5.45. The highest BCUT2D eigenvalue weighted by Crippen LogP contribution is 2.35. The van der Waals surface area contributed by atoms with Gasteiger partial charge in [0.05, 0.1) is 0 Å². The molecule has 5 heteroatoms. The second-order valence-corrected chi connectivity index (χ2v) is 9.55. The topological polar surface area (TPSA) is 69.1 Å². The van der Waals surface area contributed by atoms with Crippen molar-refractivity contribution in [1.82, 2.24) is 9.97 Å². The highest BCUT2D eigenvalue weighted by molar-refractivity contribution is 5.96. The summed E-state index contributed by atoms with van der Waals surface area (Å²) < 4.78 is 5.43. The number of hydrogen-bond donors (Lipinski definition) is 1. The van der Waals surface area contributed by atoms with Crippen LogP contribution in [0.15, 0.2) is 134 Å². The maximum atomic E-state index is 12.5. The number of ether oxygens (including phenoxy) is 1. The van der Waals surface area contributed by atoms with Crippen molar-refractivity contribution in [3.63, 3.8) is 0 Å². The van der Waals surface area contributed by atoms with Gasteiger partial charge in [-0.3, -0.25) is 4.98 Å². The van der Waals surface area contributed by atoms with Crippen molar-refractivity contribution in [1.29, 1.82) is 0 Å². The zero-order valence-corrected chi connectivity index (χ0v) is 21.8. The summed E-state index contributed by atoms with van der Waals surface area (Å²) in [4.78, 5) is 23.5. The van der Waals surface area contributed by atoms with E-state index in [4.69, 9.17) is 4.74 Å². The summed E-state index contributed by atoms with van der Waals surface area (Å²) >= 11 is 0. The molecule has 0 atom stereocenters. The van der Waals surface area contributed by atoms with E-state index < -0.39 is 5.97 Å². The summed E-state index contributed by atoms with van der Waals surface area (Å²) in [5, 5.41) is 0. The molecule has 194 valence electrons. The number of carbonyl (C=O) groups excluding carboxylic acids is 1. The van der Waals surface area contributed by atoms with Gasteiger partial charge >= 0.3 is 5.97 Å². The van der Waals surface area contributed by atoms with Gasteiger partial charge in [-0.2, -0.15) is 0 Å². The predicted molar refractivity (Wildman–Crippen MR) is 157 cm³/mol. The van der Waals surface area contributed by atoms with E-state index in [-0.39, 0.29) is 12.5 Å². The third-order valence-corrected chi connectivity index (χ3v) is 6.96. The van der Waals surface area contributed by atoms with E-state index >= 15 is 0 Å². The van der Waals surface area contributed by atoms with Crippen LogP contribution in [0.1, 0.15) is 33.7 Å². The number of aromatic amines is 2. The van der Waals surface area contributed by atoms with Crippen LogP contribution >= 0.6 is 0 Å². The number of nitrogens with one attached hydrogen (secondary N) is 2. The number of benzene rings is 4. The molecule has 0 spiro atoms. The molecule has 0 saturated heterocycles. The highest BCUT2D eigenvalue weighted by Gasteiger charge is 2.19. The quantitative estimate of drug-likeness (QED) is 0.133.